The van der Waals surface area contributed by atoms with Gasteiger partial charge in [0.15, 0.2) is 0 Å². The molecule has 0 unspecified atom stereocenters. The highest BCUT2D eigenvalue weighted by Crippen LogP contribution is 2.32. The standard InChI is InChI=1S/C26H32FN3O4S/c1-19-8-5-6-13-23(19)25(26(32)28-21-10-3-2-4-11-21)30(22-12-7-9-20(27)18-22)24(31)14-17-35(33,34)29-15-16-29/h5-9,12-13,18,21,25H,2-4,10-11,14-17H2,1H3,(H,28,32)/t25-/m1/s1. The average molecular weight is 502 g/mol. The van der Waals surface area contributed by atoms with Crippen molar-refractivity contribution in [1.82, 2.24) is 9.62 Å². The van der Waals surface area contributed by atoms with Gasteiger partial charge in [-0.25, -0.2) is 12.8 Å². The number of sulfonamides is 1. The fourth-order valence-corrected chi connectivity index (χ4v) is 5.99. The number of carbonyl (C=O) groups is 2. The van der Waals surface area contributed by atoms with Crippen molar-refractivity contribution < 1.29 is 22.4 Å². The molecule has 2 aromatic rings. The number of halogens is 1. The third-order valence-corrected chi connectivity index (χ3v) is 8.54. The Balaban J connectivity index is 1.71. The zero-order valence-corrected chi connectivity index (χ0v) is 20.8. The second kappa shape index (κ2) is 10.9. The second-order valence-corrected chi connectivity index (χ2v) is 11.4. The van der Waals surface area contributed by atoms with Crippen molar-refractivity contribution in [3.63, 3.8) is 0 Å². The highest BCUT2D eigenvalue weighted by molar-refractivity contribution is 7.89. The first-order chi connectivity index (χ1) is 16.8. The number of benzene rings is 2. The van der Waals surface area contributed by atoms with Crippen molar-refractivity contribution >= 4 is 27.5 Å². The molecule has 0 aromatic heterocycles. The molecule has 2 amide bonds. The van der Waals surface area contributed by atoms with Crippen LogP contribution in [0.4, 0.5) is 10.1 Å². The van der Waals surface area contributed by atoms with E-state index in [1.54, 1.807) is 18.2 Å². The molecule has 0 spiro atoms. The first-order valence-corrected chi connectivity index (χ1v) is 13.8. The summed E-state index contributed by atoms with van der Waals surface area (Å²) in [7, 11) is -3.54. The average Bonchev–Trinajstić information content (AvgIpc) is 3.69. The van der Waals surface area contributed by atoms with Gasteiger partial charge in [-0.2, -0.15) is 4.31 Å². The lowest BCUT2D eigenvalue weighted by Crippen LogP contribution is -2.48. The van der Waals surface area contributed by atoms with Gasteiger partial charge >= 0.3 is 0 Å². The Morgan fingerprint density at radius 2 is 1.80 bits per heavy atom. The molecule has 0 bridgehead atoms. The zero-order chi connectivity index (χ0) is 25.0. The summed E-state index contributed by atoms with van der Waals surface area (Å²) in [5.74, 6) is -1.80. The highest BCUT2D eigenvalue weighted by atomic mass is 32.2. The van der Waals surface area contributed by atoms with Crippen molar-refractivity contribution in [3.8, 4) is 0 Å². The molecule has 1 saturated carbocycles. The summed E-state index contributed by atoms with van der Waals surface area (Å²) >= 11 is 0. The van der Waals surface area contributed by atoms with E-state index in [2.05, 4.69) is 5.32 Å². The van der Waals surface area contributed by atoms with E-state index in [0.29, 0.717) is 18.7 Å². The van der Waals surface area contributed by atoms with E-state index in [0.717, 1.165) is 37.7 Å². The van der Waals surface area contributed by atoms with Gasteiger partial charge in [0.2, 0.25) is 21.8 Å². The van der Waals surface area contributed by atoms with E-state index in [9.17, 15) is 22.4 Å². The van der Waals surface area contributed by atoms with Crippen molar-refractivity contribution in [2.45, 2.75) is 57.5 Å². The minimum atomic E-state index is -3.54. The maximum absolute atomic E-state index is 14.3. The third-order valence-electron chi connectivity index (χ3n) is 6.67. The molecule has 0 radical (unpaired) electrons. The molecule has 1 aliphatic heterocycles. The van der Waals surface area contributed by atoms with Gasteiger partial charge in [0, 0.05) is 31.2 Å². The van der Waals surface area contributed by atoms with E-state index >= 15 is 0 Å². The van der Waals surface area contributed by atoms with Gasteiger partial charge in [0.25, 0.3) is 0 Å². The minimum Gasteiger partial charge on any atom is -0.351 e. The first-order valence-electron chi connectivity index (χ1n) is 12.2. The molecule has 4 rings (SSSR count). The number of aryl methyl sites for hydroxylation is 1. The van der Waals surface area contributed by atoms with Crippen LogP contribution >= 0.6 is 0 Å². The number of amides is 2. The van der Waals surface area contributed by atoms with Crippen molar-refractivity contribution in [3.05, 3.63) is 65.5 Å². The molecule has 7 nitrogen and oxygen atoms in total. The van der Waals surface area contributed by atoms with Crippen molar-refractivity contribution in [2.75, 3.05) is 23.7 Å². The van der Waals surface area contributed by atoms with Gasteiger partial charge in [-0.1, -0.05) is 49.6 Å². The van der Waals surface area contributed by atoms with Crippen LogP contribution in [-0.4, -0.2) is 49.4 Å². The monoisotopic (exact) mass is 501 g/mol. The fraction of sp³-hybridized carbons (Fsp3) is 0.462. The molecular weight excluding hydrogens is 469 g/mol. The largest absolute Gasteiger partial charge is 0.351 e. The lowest BCUT2D eigenvalue weighted by atomic mass is 9.93. The third kappa shape index (κ3) is 6.27. The summed E-state index contributed by atoms with van der Waals surface area (Å²) in [6.45, 7) is 2.77. The summed E-state index contributed by atoms with van der Waals surface area (Å²) in [5, 5.41) is 3.11. The van der Waals surface area contributed by atoms with Crippen LogP contribution in [0.5, 0.6) is 0 Å². The molecule has 2 fully saturated rings. The normalized spacial score (nSPS) is 17.5. The molecular formula is C26H32FN3O4S. The van der Waals surface area contributed by atoms with Crippen LogP contribution in [0.3, 0.4) is 0 Å². The Bertz CT molecular complexity index is 1180. The second-order valence-electron chi connectivity index (χ2n) is 9.31. The number of carbonyl (C=O) groups excluding carboxylic acids is 2. The Morgan fingerprint density at radius 3 is 2.46 bits per heavy atom. The van der Waals surface area contributed by atoms with Gasteiger partial charge in [0.1, 0.15) is 11.9 Å². The van der Waals surface area contributed by atoms with Crippen LogP contribution in [0.1, 0.15) is 55.7 Å². The molecule has 1 saturated heterocycles. The number of hydrogen-bond donors (Lipinski definition) is 1. The SMILES string of the molecule is Cc1ccccc1[C@H](C(=O)NC1CCCCC1)N(C(=O)CCS(=O)(=O)N1CC1)c1cccc(F)c1. The molecule has 1 aliphatic carbocycles. The maximum Gasteiger partial charge on any atom is 0.248 e. The first kappa shape index (κ1) is 25.3. The van der Waals surface area contributed by atoms with Gasteiger partial charge in [-0.05, 0) is 49.1 Å². The van der Waals surface area contributed by atoms with Crippen LogP contribution in [0.15, 0.2) is 48.5 Å². The van der Waals surface area contributed by atoms with Gasteiger partial charge in [-0.15, -0.1) is 0 Å². The van der Waals surface area contributed by atoms with Crippen LogP contribution in [0, 0.1) is 12.7 Å². The van der Waals surface area contributed by atoms with Gasteiger partial charge in [0.05, 0.1) is 5.75 Å². The van der Waals surface area contributed by atoms with E-state index in [-0.39, 0.29) is 29.8 Å². The van der Waals surface area contributed by atoms with Gasteiger partial charge in [-0.3, -0.25) is 14.5 Å². The molecule has 1 N–H and O–H groups in total. The lowest BCUT2D eigenvalue weighted by Gasteiger charge is -2.34. The number of anilines is 1. The smallest absolute Gasteiger partial charge is 0.248 e. The van der Waals surface area contributed by atoms with Crippen LogP contribution < -0.4 is 10.2 Å². The van der Waals surface area contributed by atoms with E-state index in [1.807, 2.05) is 19.1 Å². The van der Waals surface area contributed by atoms with Crippen molar-refractivity contribution in [1.29, 1.82) is 0 Å². The fourth-order valence-electron chi connectivity index (χ4n) is 4.67. The van der Waals surface area contributed by atoms with Crippen LogP contribution in [0.2, 0.25) is 0 Å². The zero-order valence-electron chi connectivity index (χ0n) is 20.0. The maximum atomic E-state index is 14.3. The summed E-state index contributed by atoms with van der Waals surface area (Å²) < 4.78 is 40.4. The molecule has 2 aromatic carbocycles. The Hall–Kier alpha value is -2.78. The molecule has 35 heavy (non-hydrogen) atoms. The number of rotatable bonds is 9. The highest BCUT2D eigenvalue weighted by Gasteiger charge is 2.37. The van der Waals surface area contributed by atoms with E-state index < -0.39 is 27.8 Å². The van der Waals surface area contributed by atoms with Gasteiger partial charge < -0.3 is 5.32 Å². The molecule has 2 aliphatic rings. The minimum absolute atomic E-state index is 0.00951. The lowest BCUT2D eigenvalue weighted by molar-refractivity contribution is -0.127. The molecule has 1 atom stereocenters. The quantitative estimate of drug-likeness (QED) is 0.531. The summed E-state index contributed by atoms with van der Waals surface area (Å²) in [6.07, 6.45) is 4.62. The Labute approximate surface area is 206 Å². The number of nitrogens with one attached hydrogen (secondary N) is 1. The summed E-state index contributed by atoms with van der Waals surface area (Å²) in [5.41, 5.74) is 1.64. The van der Waals surface area contributed by atoms with Crippen LogP contribution in [-0.2, 0) is 19.6 Å². The van der Waals surface area contributed by atoms with Crippen molar-refractivity contribution in [2.24, 2.45) is 0 Å². The number of hydrogen-bond acceptors (Lipinski definition) is 4. The summed E-state index contributed by atoms with van der Waals surface area (Å²) in [4.78, 5) is 28.6. The summed E-state index contributed by atoms with van der Waals surface area (Å²) in [6, 6.07) is 11.7. The Morgan fingerprint density at radius 1 is 1.09 bits per heavy atom. The predicted molar refractivity (Wildman–Crippen MR) is 133 cm³/mol. The molecule has 1 heterocycles. The topological polar surface area (TPSA) is 86.6 Å². The van der Waals surface area contributed by atoms with E-state index in [4.69, 9.17) is 0 Å². The Kier molecular flexibility index (Phi) is 7.86. The molecule has 9 heteroatoms. The van der Waals surface area contributed by atoms with E-state index in [1.165, 1.54) is 27.4 Å². The van der Waals surface area contributed by atoms with Crippen LogP contribution in [0.25, 0.3) is 0 Å². The predicted octanol–water partition coefficient (Wildman–Crippen LogP) is 3.69. The number of nitrogens with zero attached hydrogens (tertiary/aromatic N) is 2. The molecule has 188 valence electrons.